The Bertz CT molecular complexity index is 778. The topological polar surface area (TPSA) is 58.2 Å². The minimum absolute atomic E-state index is 0.155. The highest BCUT2D eigenvalue weighted by Gasteiger charge is 2.19. The lowest BCUT2D eigenvalue weighted by Gasteiger charge is -2.16. The third-order valence-electron chi connectivity index (χ3n) is 3.44. The van der Waals surface area contributed by atoms with Gasteiger partial charge in [0.15, 0.2) is 5.69 Å². The Hall–Kier alpha value is -2.82. The van der Waals surface area contributed by atoms with Crippen molar-refractivity contribution < 1.29 is 9.53 Å². The monoisotopic (exact) mass is 281 g/mol. The summed E-state index contributed by atoms with van der Waals surface area (Å²) in [4.78, 5) is 14.2. The first-order chi connectivity index (χ1) is 10.2. The average Bonchev–Trinajstić information content (AvgIpc) is 2.97. The lowest BCUT2D eigenvalue weighted by molar-refractivity contribution is 0.0989. The van der Waals surface area contributed by atoms with Crippen molar-refractivity contribution in [2.24, 2.45) is 0 Å². The van der Waals surface area contributed by atoms with Crippen LogP contribution in [0.1, 0.15) is 10.5 Å². The maximum absolute atomic E-state index is 12.6. The van der Waals surface area contributed by atoms with Crippen LogP contribution < -0.4 is 9.64 Å². The number of nitrogens with zero attached hydrogens (tertiary/aromatic N) is 2. The lowest BCUT2D eigenvalue weighted by atomic mass is 10.2. The van der Waals surface area contributed by atoms with E-state index in [9.17, 15) is 4.79 Å². The Balaban J connectivity index is 1.93. The van der Waals surface area contributed by atoms with E-state index < -0.39 is 0 Å². The fourth-order valence-corrected chi connectivity index (χ4v) is 2.21. The minimum Gasteiger partial charge on any atom is -0.497 e. The maximum Gasteiger partial charge on any atom is 0.279 e. The second-order valence-electron chi connectivity index (χ2n) is 4.68. The number of aromatic amines is 1. The van der Waals surface area contributed by atoms with Crippen LogP contribution in [0, 0.1) is 0 Å². The van der Waals surface area contributed by atoms with Gasteiger partial charge in [-0.3, -0.25) is 9.89 Å². The highest BCUT2D eigenvalue weighted by Crippen LogP contribution is 2.22. The molecule has 5 heteroatoms. The summed E-state index contributed by atoms with van der Waals surface area (Å²) >= 11 is 0. The van der Waals surface area contributed by atoms with Crippen molar-refractivity contribution in [2.75, 3.05) is 19.1 Å². The van der Waals surface area contributed by atoms with Gasteiger partial charge in [0.25, 0.3) is 5.91 Å². The number of hydrogen-bond acceptors (Lipinski definition) is 3. The van der Waals surface area contributed by atoms with E-state index in [-0.39, 0.29) is 5.91 Å². The average molecular weight is 281 g/mol. The van der Waals surface area contributed by atoms with Gasteiger partial charge in [0.2, 0.25) is 0 Å². The van der Waals surface area contributed by atoms with Crippen LogP contribution in [0.4, 0.5) is 5.69 Å². The summed E-state index contributed by atoms with van der Waals surface area (Å²) in [7, 11) is 3.34. The number of anilines is 1. The zero-order valence-corrected chi connectivity index (χ0v) is 11.8. The van der Waals surface area contributed by atoms with Crippen molar-refractivity contribution in [1.29, 1.82) is 0 Å². The van der Waals surface area contributed by atoms with Crippen molar-refractivity contribution in [1.82, 2.24) is 10.2 Å². The van der Waals surface area contributed by atoms with Crippen LogP contribution in [0.5, 0.6) is 5.75 Å². The molecule has 0 aliphatic heterocycles. The maximum atomic E-state index is 12.6. The number of rotatable bonds is 3. The Labute approximate surface area is 122 Å². The van der Waals surface area contributed by atoms with Crippen LogP contribution in [0.25, 0.3) is 10.9 Å². The van der Waals surface area contributed by atoms with E-state index >= 15 is 0 Å². The minimum atomic E-state index is -0.155. The first-order valence-electron chi connectivity index (χ1n) is 6.56. The smallest absolute Gasteiger partial charge is 0.279 e. The molecule has 106 valence electrons. The second kappa shape index (κ2) is 5.28. The molecule has 0 saturated carbocycles. The van der Waals surface area contributed by atoms with Crippen LogP contribution in [-0.4, -0.2) is 30.3 Å². The molecule has 0 saturated heterocycles. The molecule has 2 aromatic carbocycles. The van der Waals surface area contributed by atoms with Crippen molar-refractivity contribution in [2.45, 2.75) is 0 Å². The van der Waals surface area contributed by atoms with Crippen molar-refractivity contribution in [3.05, 3.63) is 54.2 Å². The molecule has 0 fully saturated rings. The van der Waals surface area contributed by atoms with Crippen LogP contribution in [0.2, 0.25) is 0 Å². The number of hydrogen-bond donors (Lipinski definition) is 1. The molecule has 3 aromatic rings. The van der Waals surface area contributed by atoms with Gasteiger partial charge in [-0.15, -0.1) is 0 Å². The van der Waals surface area contributed by atoms with E-state index in [0.29, 0.717) is 5.69 Å². The van der Waals surface area contributed by atoms with Crippen LogP contribution in [-0.2, 0) is 0 Å². The number of nitrogens with one attached hydrogen (secondary N) is 1. The Morgan fingerprint density at radius 2 is 1.86 bits per heavy atom. The summed E-state index contributed by atoms with van der Waals surface area (Å²) in [6.45, 7) is 0. The highest BCUT2D eigenvalue weighted by molar-refractivity contribution is 6.12. The quantitative estimate of drug-likeness (QED) is 0.803. The molecule has 3 rings (SSSR count). The summed E-state index contributed by atoms with van der Waals surface area (Å²) in [5, 5.41) is 7.83. The highest BCUT2D eigenvalue weighted by atomic mass is 16.5. The molecule has 0 aliphatic carbocycles. The fraction of sp³-hybridized carbons (Fsp3) is 0.125. The molecule has 1 N–H and O–H groups in total. The zero-order valence-electron chi connectivity index (χ0n) is 11.8. The van der Waals surface area contributed by atoms with Gasteiger partial charge in [-0.25, -0.2) is 0 Å². The molecule has 0 radical (unpaired) electrons. The second-order valence-corrected chi connectivity index (χ2v) is 4.68. The van der Waals surface area contributed by atoms with Gasteiger partial charge in [0, 0.05) is 18.1 Å². The molecule has 21 heavy (non-hydrogen) atoms. The number of para-hydroxylation sites is 1. The number of fused-ring (bicyclic) bond motifs is 1. The van der Waals surface area contributed by atoms with Gasteiger partial charge in [-0.05, 0) is 30.3 Å². The number of methoxy groups -OCH3 is 1. The van der Waals surface area contributed by atoms with E-state index in [1.54, 1.807) is 19.1 Å². The molecule has 1 heterocycles. The molecular weight excluding hydrogens is 266 g/mol. The Kier molecular flexibility index (Phi) is 3.31. The largest absolute Gasteiger partial charge is 0.497 e. The molecule has 0 bridgehead atoms. The number of ether oxygens (including phenoxy) is 1. The lowest BCUT2D eigenvalue weighted by Crippen LogP contribution is -2.26. The summed E-state index contributed by atoms with van der Waals surface area (Å²) in [6, 6.07) is 14.9. The number of aromatic nitrogens is 2. The number of carbonyl (C=O) groups is 1. The van der Waals surface area contributed by atoms with E-state index in [0.717, 1.165) is 22.3 Å². The van der Waals surface area contributed by atoms with Gasteiger partial charge in [0.05, 0.1) is 12.6 Å². The first-order valence-corrected chi connectivity index (χ1v) is 6.56. The third kappa shape index (κ3) is 2.33. The first kappa shape index (κ1) is 13.2. The summed E-state index contributed by atoms with van der Waals surface area (Å²) < 4.78 is 5.12. The number of H-pyrrole nitrogens is 1. The summed E-state index contributed by atoms with van der Waals surface area (Å²) in [6.07, 6.45) is 0. The normalized spacial score (nSPS) is 10.6. The van der Waals surface area contributed by atoms with Crippen LogP contribution in [0.15, 0.2) is 48.5 Å². The van der Waals surface area contributed by atoms with Crippen LogP contribution >= 0.6 is 0 Å². The zero-order chi connectivity index (χ0) is 14.8. The van der Waals surface area contributed by atoms with Gasteiger partial charge in [-0.2, -0.15) is 5.10 Å². The molecule has 1 aromatic heterocycles. The third-order valence-corrected chi connectivity index (χ3v) is 3.44. The predicted octanol–water partition coefficient (Wildman–Crippen LogP) is 2.85. The van der Waals surface area contributed by atoms with E-state index in [4.69, 9.17) is 4.74 Å². The van der Waals surface area contributed by atoms with Gasteiger partial charge in [0.1, 0.15) is 5.75 Å². The summed E-state index contributed by atoms with van der Waals surface area (Å²) in [5.74, 6) is 0.599. The van der Waals surface area contributed by atoms with Crippen molar-refractivity contribution in [3.8, 4) is 5.75 Å². The molecule has 0 aliphatic rings. The molecule has 0 unspecified atom stereocenters. The molecule has 1 amide bonds. The van der Waals surface area contributed by atoms with E-state index in [1.807, 2.05) is 48.5 Å². The standard InChI is InChI=1S/C16H15N3O2/c1-19(11-7-9-12(21-2)10-8-11)16(20)15-13-5-3-4-6-14(13)17-18-15/h3-10H,1-2H3,(H,17,18). The van der Waals surface area contributed by atoms with Crippen LogP contribution in [0.3, 0.4) is 0 Å². The van der Waals surface area contributed by atoms with E-state index in [2.05, 4.69) is 10.2 Å². The van der Waals surface area contributed by atoms with Gasteiger partial charge >= 0.3 is 0 Å². The number of amides is 1. The Morgan fingerprint density at radius 1 is 1.14 bits per heavy atom. The van der Waals surface area contributed by atoms with E-state index in [1.165, 1.54) is 0 Å². The molecule has 0 atom stereocenters. The van der Waals surface area contributed by atoms with Crippen molar-refractivity contribution in [3.63, 3.8) is 0 Å². The fourth-order valence-electron chi connectivity index (χ4n) is 2.21. The molecule has 5 nitrogen and oxygen atoms in total. The van der Waals surface area contributed by atoms with Gasteiger partial charge in [-0.1, -0.05) is 18.2 Å². The SMILES string of the molecule is COc1ccc(N(C)C(=O)c2n[nH]c3ccccc23)cc1. The predicted molar refractivity (Wildman–Crippen MR) is 81.8 cm³/mol. The summed E-state index contributed by atoms with van der Waals surface area (Å²) in [5.41, 5.74) is 2.06. The molecular formula is C16H15N3O2. The van der Waals surface area contributed by atoms with Gasteiger partial charge < -0.3 is 9.64 Å². The Morgan fingerprint density at radius 3 is 2.57 bits per heavy atom. The molecule has 0 spiro atoms. The number of carbonyl (C=O) groups excluding carboxylic acids is 1. The van der Waals surface area contributed by atoms with Crippen molar-refractivity contribution >= 4 is 22.5 Å². The number of benzene rings is 2.